The van der Waals surface area contributed by atoms with Gasteiger partial charge in [0.05, 0.1) is 0 Å². The fourth-order valence-corrected chi connectivity index (χ4v) is 0.521. The van der Waals surface area contributed by atoms with Gasteiger partial charge in [-0.05, 0) is 0 Å². The number of hydrogen-bond acceptors (Lipinski definition) is 3. The highest BCUT2D eigenvalue weighted by Gasteiger charge is 2.33. The SMILES string of the molecule is FC(F)(F)OC1NC=CN1. The van der Waals surface area contributed by atoms with Crippen LogP contribution in [0.1, 0.15) is 0 Å². The molecule has 1 heterocycles. The van der Waals surface area contributed by atoms with Crippen molar-refractivity contribution in [3.8, 4) is 0 Å². The zero-order valence-corrected chi connectivity index (χ0v) is 4.77. The number of ether oxygens (including phenoxy) is 1. The first-order chi connectivity index (χ1) is 4.58. The van der Waals surface area contributed by atoms with Gasteiger partial charge in [0.2, 0.25) is 6.35 Å². The van der Waals surface area contributed by atoms with E-state index in [1.54, 1.807) is 0 Å². The molecule has 10 heavy (non-hydrogen) atoms. The van der Waals surface area contributed by atoms with Gasteiger partial charge in [-0.25, -0.2) is 4.74 Å². The lowest BCUT2D eigenvalue weighted by Crippen LogP contribution is -2.38. The summed E-state index contributed by atoms with van der Waals surface area (Å²) in [7, 11) is 0. The van der Waals surface area contributed by atoms with Crippen molar-refractivity contribution >= 4 is 0 Å². The molecule has 0 aromatic rings. The van der Waals surface area contributed by atoms with Gasteiger partial charge >= 0.3 is 6.36 Å². The summed E-state index contributed by atoms with van der Waals surface area (Å²) in [5.74, 6) is 0. The van der Waals surface area contributed by atoms with Gasteiger partial charge < -0.3 is 10.6 Å². The average Bonchev–Trinajstić information content (AvgIpc) is 2.12. The van der Waals surface area contributed by atoms with Gasteiger partial charge in [0.25, 0.3) is 0 Å². The van der Waals surface area contributed by atoms with E-state index in [2.05, 4.69) is 15.4 Å². The number of nitrogens with one attached hydrogen (secondary N) is 2. The predicted octanol–water partition coefficient (Wildman–Crippen LogP) is 0.470. The Labute approximate surface area is 54.8 Å². The molecule has 0 saturated heterocycles. The molecule has 2 N–H and O–H groups in total. The van der Waals surface area contributed by atoms with Crippen molar-refractivity contribution in [3.63, 3.8) is 0 Å². The van der Waals surface area contributed by atoms with E-state index in [0.29, 0.717) is 0 Å². The van der Waals surface area contributed by atoms with Crippen LogP contribution in [0, 0.1) is 0 Å². The van der Waals surface area contributed by atoms with Crippen LogP contribution in [-0.4, -0.2) is 12.7 Å². The molecule has 58 valence electrons. The van der Waals surface area contributed by atoms with Crippen LogP contribution < -0.4 is 10.6 Å². The molecular formula is C4H5F3N2O. The molecule has 0 spiro atoms. The monoisotopic (exact) mass is 154 g/mol. The summed E-state index contributed by atoms with van der Waals surface area (Å²) in [6.07, 6.45) is -3.12. The van der Waals surface area contributed by atoms with Gasteiger partial charge in [-0.3, -0.25) is 0 Å². The Bertz CT molecular complexity index is 136. The number of alkyl halides is 3. The van der Waals surface area contributed by atoms with E-state index in [1.807, 2.05) is 0 Å². The van der Waals surface area contributed by atoms with Crippen LogP contribution in [0.4, 0.5) is 13.2 Å². The minimum absolute atomic E-state index is 1.18. The van der Waals surface area contributed by atoms with E-state index in [-0.39, 0.29) is 0 Å². The van der Waals surface area contributed by atoms with Crippen LogP contribution in [0.2, 0.25) is 0 Å². The third kappa shape index (κ3) is 2.14. The molecule has 0 radical (unpaired) electrons. The first-order valence-corrected chi connectivity index (χ1v) is 2.49. The fraction of sp³-hybridized carbons (Fsp3) is 0.500. The maximum absolute atomic E-state index is 11.4. The van der Waals surface area contributed by atoms with E-state index >= 15 is 0 Å². The number of rotatable bonds is 1. The molecule has 0 saturated carbocycles. The Morgan fingerprint density at radius 1 is 1.20 bits per heavy atom. The van der Waals surface area contributed by atoms with E-state index in [1.165, 1.54) is 12.4 Å². The Morgan fingerprint density at radius 3 is 2.10 bits per heavy atom. The first-order valence-electron chi connectivity index (χ1n) is 2.49. The van der Waals surface area contributed by atoms with Crippen molar-refractivity contribution in [2.24, 2.45) is 0 Å². The minimum atomic E-state index is -4.60. The normalized spacial score (nSPS) is 18.7. The standard InChI is InChI=1S/C4H5F3N2O/c5-4(6,7)10-3-8-1-2-9-3/h1-3,8-9H. The van der Waals surface area contributed by atoms with Gasteiger partial charge in [0.1, 0.15) is 0 Å². The summed E-state index contributed by atoms with van der Waals surface area (Å²) >= 11 is 0. The Morgan fingerprint density at radius 2 is 1.70 bits per heavy atom. The Hall–Kier alpha value is -0.910. The highest BCUT2D eigenvalue weighted by molar-refractivity contribution is 4.86. The highest BCUT2D eigenvalue weighted by atomic mass is 19.4. The summed E-state index contributed by atoms with van der Waals surface area (Å²) < 4.78 is 37.6. The van der Waals surface area contributed by atoms with Crippen LogP contribution in [0.5, 0.6) is 0 Å². The second-order valence-corrected chi connectivity index (χ2v) is 1.61. The van der Waals surface area contributed by atoms with Crippen molar-refractivity contribution < 1.29 is 17.9 Å². The van der Waals surface area contributed by atoms with E-state index in [4.69, 9.17) is 0 Å². The minimum Gasteiger partial charge on any atom is -0.348 e. The smallest absolute Gasteiger partial charge is 0.348 e. The lowest BCUT2D eigenvalue weighted by Gasteiger charge is -2.14. The van der Waals surface area contributed by atoms with Crippen molar-refractivity contribution in [2.75, 3.05) is 0 Å². The van der Waals surface area contributed by atoms with Gasteiger partial charge in [0.15, 0.2) is 0 Å². The zero-order valence-electron chi connectivity index (χ0n) is 4.77. The average molecular weight is 154 g/mol. The summed E-state index contributed by atoms with van der Waals surface area (Å²) in [5.41, 5.74) is 0. The molecule has 1 rings (SSSR count). The van der Waals surface area contributed by atoms with Crippen LogP contribution in [0.25, 0.3) is 0 Å². The molecule has 6 heteroatoms. The molecular weight excluding hydrogens is 149 g/mol. The van der Waals surface area contributed by atoms with Gasteiger partial charge in [-0.15, -0.1) is 13.2 Å². The summed E-state index contributed by atoms with van der Waals surface area (Å²) in [6, 6.07) is 0. The zero-order chi connectivity index (χ0) is 7.61. The van der Waals surface area contributed by atoms with Crippen molar-refractivity contribution in [2.45, 2.75) is 12.7 Å². The fourth-order valence-electron chi connectivity index (χ4n) is 0.521. The molecule has 0 bridgehead atoms. The van der Waals surface area contributed by atoms with Crippen molar-refractivity contribution in [1.29, 1.82) is 0 Å². The molecule has 0 aromatic carbocycles. The molecule has 0 fully saturated rings. The highest BCUT2D eigenvalue weighted by Crippen LogP contribution is 2.17. The third-order valence-electron chi connectivity index (χ3n) is 0.830. The van der Waals surface area contributed by atoms with E-state index < -0.39 is 12.7 Å². The molecule has 1 aliphatic rings. The van der Waals surface area contributed by atoms with Crippen LogP contribution >= 0.6 is 0 Å². The molecule has 3 nitrogen and oxygen atoms in total. The molecule has 0 unspecified atom stereocenters. The predicted molar refractivity (Wildman–Crippen MR) is 26.3 cm³/mol. The molecule has 0 atom stereocenters. The third-order valence-corrected chi connectivity index (χ3v) is 0.830. The van der Waals surface area contributed by atoms with Crippen molar-refractivity contribution in [1.82, 2.24) is 10.6 Å². The van der Waals surface area contributed by atoms with Crippen LogP contribution in [-0.2, 0) is 4.74 Å². The quantitative estimate of drug-likeness (QED) is 0.576. The van der Waals surface area contributed by atoms with E-state index in [0.717, 1.165) is 0 Å². The summed E-state index contributed by atoms with van der Waals surface area (Å²) in [6.45, 7) is 0. The second-order valence-electron chi connectivity index (χ2n) is 1.61. The Kier molecular flexibility index (Phi) is 1.71. The summed E-state index contributed by atoms with van der Waals surface area (Å²) in [4.78, 5) is 0. The second kappa shape index (κ2) is 2.37. The lowest BCUT2D eigenvalue weighted by atomic mass is 10.9. The molecule has 0 aromatic heterocycles. The van der Waals surface area contributed by atoms with Gasteiger partial charge in [0, 0.05) is 12.4 Å². The lowest BCUT2D eigenvalue weighted by molar-refractivity contribution is -0.346. The number of halogens is 3. The first kappa shape index (κ1) is 7.20. The number of hydrogen-bond donors (Lipinski definition) is 2. The molecule has 0 amide bonds. The van der Waals surface area contributed by atoms with E-state index in [9.17, 15) is 13.2 Å². The van der Waals surface area contributed by atoms with Crippen molar-refractivity contribution in [3.05, 3.63) is 12.4 Å². The maximum atomic E-state index is 11.4. The van der Waals surface area contributed by atoms with Crippen LogP contribution in [0.15, 0.2) is 12.4 Å². The van der Waals surface area contributed by atoms with Gasteiger partial charge in [-0.1, -0.05) is 0 Å². The largest absolute Gasteiger partial charge is 0.525 e. The summed E-state index contributed by atoms with van der Waals surface area (Å²) in [5, 5.41) is 4.56. The molecule has 0 aliphatic carbocycles. The van der Waals surface area contributed by atoms with Gasteiger partial charge in [-0.2, -0.15) is 0 Å². The maximum Gasteiger partial charge on any atom is 0.525 e. The molecule has 1 aliphatic heterocycles. The Balaban J connectivity index is 2.26. The topological polar surface area (TPSA) is 33.3 Å². The van der Waals surface area contributed by atoms with Crippen LogP contribution in [0.3, 0.4) is 0 Å².